The van der Waals surface area contributed by atoms with Crippen molar-refractivity contribution >= 4 is 5.91 Å². The summed E-state index contributed by atoms with van der Waals surface area (Å²) in [6.45, 7) is 1.49. The van der Waals surface area contributed by atoms with Gasteiger partial charge in [-0.1, -0.05) is 30.3 Å². The van der Waals surface area contributed by atoms with E-state index in [1.54, 1.807) is 17.0 Å². The molecule has 2 aromatic carbocycles. The third-order valence-electron chi connectivity index (χ3n) is 4.53. The van der Waals surface area contributed by atoms with Crippen LogP contribution in [-0.2, 0) is 4.74 Å². The van der Waals surface area contributed by atoms with Crippen LogP contribution in [0.15, 0.2) is 60.8 Å². The van der Waals surface area contributed by atoms with Crippen LogP contribution >= 0.6 is 0 Å². The molecule has 0 aliphatic carbocycles. The zero-order valence-corrected chi connectivity index (χ0v) is 14.1. The topological polar surface area (TPSA) is 58.2 Å². The number of hydrogen-bond donors (Lipinski definition) is 1. The summed E-state index contributed by atoms with van der Waals surface area (Å²) in [5.41, 5.74) is 2.85. The van der Waals surface area contributed by atoms with Gasteiger partial charge in [0.15, 0.2) is 0 Å². The summed E-state index contributed by atoms with van der Waals surface area (Å²) >= 11 is 0. The van der Waals surface area contributed by atoms with Crippen LogP contribution in [-0.4, -0.2) is 40.7 Å². The standard InChI is InChI=1S/C20H18FN3O2/c21-16-8-6-15(7-9-16)19-17(12-22-23-19)20(25)24-10-11-26-18(13-24)14-4-2-1-3-5-14/h1-9,12,18H,10-11,13H2,(H,22,23). The van der Waals surface area contributed by atoms with Gasteiger partial charge in [-0.3, -0.25) is 9.89 Å². The van der Waals surface area contributed by atoms with Crippen molar-refractivity contribution in [3.63, 3.8) is 0 Å². The van der Waals surface area contributed by atoms with Gasteiger partial charge in [0.1, 0.15) is 11.9 Å². The number of halogens is 1. The van der Waals surface area contributed by atoms with E-state index in [9.17, 15) is 9.18 Å². The Kier molecular flexibility index (Phi) is 4.50. The molecule has 0 bridgehead atoms. The molecule has 1 N–H and O–H groups in total. The van der Waals surface area contributed by atoms with E-state index in [1.165, 1.54) is 18.3 Å². The smallest absolute Gasteiger partial charge is 0.257 e. The molecule has 1 fully saturated rings. The number of ether oxygens (including phenoxy) is 1. The van der Waals surface area contributed by atoms with Crippen molar-refractivity contribution in [2.45, 2.75) is 6.10 Å². The van der Waals surface area contributed by atoms with Crippen LogP contribution in [0.25, 0.3) is 11.3 Å². The fraction of sp³-hybridized carbons (Fsp3) is 0.200. The largest absolute Gasteiger partial charge is 0.370 e. The van der Waals surface area contributed by atoms with E-state index >= 15 is 0 Å². The summed E-state index contributed by atoms with van der Waals surface area (Å²) in [6.07, 6.45) is 1.38. The molecule has 4 rings (SSSR count). The van der Waals surface area contributed by atoms with Crippen LogP contribution in [0.2, 0.25) is 0 Å². The molecule has 1 saturated heterocycles. The van der Waals surface area contributed by atoms with Gasteiger partial charge >= 0.3 is 0 Å². The summed E-state index contributed by atoms with van der Waals surface area (Å²) in [5, 5.41) is 6.87. The van der Waals surface area contributed by atoms with E-state index in [1.807, 2.05) is 30.3 Å². The minimum absolute atomic E-state index is 0.109. The van der Waals surface area contributed by atoms with E-state index in [0.717, 1.165) is 11.1 Å². The Hall–Kier alpha value is -2.99. The molecule has 0 spiro atoms. The number of rotatable bonds is 3. The number of morpholine rings is 1. The minimum Gasteiger partial charge on any atom is -0.370 e. The van der Waals surface area contributed by atoms with Gasteiger partial charge in [0, 0.05) is 12.1 Å². The highest BCUT2D eigenvalue weighted by Crippen LogP contribution is 2.26. The first kappa shape index (κ1) is 16.5. The zero-order valence-electron chi connectivity index (χ0n) is 14.1. The van der Waals surface area contributed by atoms with Crippen LogP contribution in [0.1, 0.15) is 22.0 Å². The summed E-state index contributed by atoms with van der Waals surface area (Å²) in [7, 11) is 0. The minimum atomic E-state index is -0.319. The lowest BCUT2D eigenvalue weighted by Gasteiger charge is -2.33. The van der Waals surface area contributed by atoms with Gasteiger partial charge in [0.05, 0.1) is 30.6 Å². The second-order valence-electron chi connectivity index (χ2n) is 6.19. The monoisotopic (exact) mass is 351 g/mol. The third-order valence-corrected chi connectivity index (χ3v) is 4.53. The molecule has 26 heavy (non-hydrogen) atoms. The average molecular weight is 351 g/mol. The molecule has 1 aliphatic rings. The average Bonchev–Trinajstić information content (AvgIpc) is 3.18. The summed E-state index contributed by atoms with van der Waals surface area (Å²) < 4.78 is 19.0. The van der Waals surface area contributed by atoms with Crippen molar-refractivity contribution < 1.29 is 13.9 Å². The van der Waals surface area contributed by atoms with Crippen molar-refractivity contribution in [2.75, 3.05) is 19.7 Å². The fourth-order valence-corrected chi connectivity index (χ4v) is 3.16. The molecule has 1 aliphatic heterocycles. The number of carbonyl (C=O) groups is 1. The maximum atomic E-state index is 13.2. The van der Waals surface area contributed by atoms with Crippen LogP contribution in [0.4, 0.5) is 4.39 Å². The quantitative estimate of drug-likeness (QED) is 0.786. The molecule has 132 valence electrons. The van der Waals surface area contributed by atoms with E-state index in [2.05, 4.69) is 10.2 Å². The highest BCUT2D eigenvalue weighted by atomic mass is 19.1. The maximum absolute atomic E-state index is 13.2. The molecule has 1 aromatic heterocycles. The predicted octanol–water partition coefficient (Wildman–Crippen LogP) is 3.43. The van der Waals surface area contributed by atoms with Gasteiger partial charge < -0.3 is 9.64 Å². The normalized spacial score (nSPS) is 17.3. The van der Waals surface area contributed by atoms with Crippen LogP contribution in [0.5, 0.6) is 0 Å². The molecule has 3 aromatic rings. The van der Waals surface area contributed by atoms with Gasteiger partial charge in [-0.25, -0.2) is 4.39 Å². The second kappa shape index (κ2) is 7.09. The fourth-order valence-electron chi connectivity index (χ4n) is 3.16. The number of benzene rings is 2. The lowest BCUT2D eigenvalue weighted by molar-refractivity contribution is -0.0227. The summed E-state index contributed by atoms with van der Waals surface area (Å²) in [5.74, 6) is -0.428. The van der Waals surface area contributed by atoms with Crippen LogP contribution < -0.4 is 0 Å². The Morgan fingerprint density at radius 1 is 1.15 bits per heavy atom. The number of carbonyl (C=O) groups excluding carboxylic acids is 1. The first-order chi connectivity index (χ1) is 12.7. The SMILES string of the molecule is O=C(c1cn[nH]c1-c1ccc(F)cc1)N1CCOC(c2ccccc2)C1. The second-order valence-corrected chi connectivity index (χ2v) is 6.19. The summed E-state index contributed by atoms with van der Waals surface area (Å²) in [6, 6.07) is 15.9. The number of amides is 1. The molecular formula is C20H18FN3O2. The molecule has 0 radical (unpaired) electrons. The lowest BCUT2D eigenvalue weighted by Crippen LogP contribution is -2.42. The predicted molar refractivity (Wildman–Crippen MR) is 95.0 cm³/mol. The first-order valence-corrected chi connectivity index (χ1v) is 8.47. The molecule has 6 heteroatoms. The molecule has 1 unspecified atom stereocenters. The van der Waals surface area contributed by atoms with Gasteiger partial charge in [-0.05, 0) is 29.8 Å². The number of hydrogen-bond acceptors (Lipinski definition) is 3. The lowest BCUT2D eigenvalue weighted by atomic mass is 10.1. The number of aromatic nitrogens is 2. The zero-order chi connectivity index (χ0) is 17.9. The van der Waals surface area contributed by atoms with Crippen molar-refractivity contribution in [2.24, 2.45) is 0 Å². The Morgan fingerprint density at radius 3 is 2.69 bits per heavy atom. The highest BCUT2D eigenvalue weighted by Gasteiger charge is 2.28. The Bertz CT molecular complexity index is 893. The number of H-pyrrole nitrogens is 1. The highest BCUT2D eigenvalue weighted by molar-refractivity contribution is 5.99. The van der Waals surface area contributed by atoms with E-state index in [4.69, 9.17) is 4.74 Å². The molecule has 1 atom stereocenters. The maximum Gasteiger partial charge on any atom is 0.257 e. The molecule has 1 amide bonds. The number of aromatic amines is 1. The van der Waals surface area contributed by atoms with Crippen LogP contribution in [0, 0.1) is 5.82 Å². The van der Waals surface area contributed by atoms with E-state index in [0.29, 0.717) is 31.0 Å². The Labute approximate surface area is 150 Å². The summed E-state index contributed by atoms with van der Waals surface area (Å²) in [4.78, 5) is 14.8. The first-order valence-electron chi connectivity index (χ1n) is 8.47. The van der Waals surface area contributed by atoms with E-state index < -0.39 is 0 Å². The van der Waals surface area contributed by atoms with Crippen molar-refractivity contribution in [1.29, 1.82) is 0 Å². The third kappa shape index (κ3) is 3.23. The molecule has 5 nitrogen and oxygen atoms in total. The van der Waals surface area contributed by atoms with Gasteiger partial charge in [-0.15, -0.1) is 0 Å². The van der Waals surface area contributed by atoms with Gasteiger partial charge in [-0.2, -0.15) is 5.10 Å². The van der Waals surface area contributed by atoms with E-state index in [-0.39, 0.29) is 17.8 Å². The van der Waals surface area contributed by atoms with Crippen LogP contribution in [0.3, 0.4) is 0 Å². The molecular weight excluding hydrogens is 333 g/mol. The van der Waals surface area contributed by atoms with Gasteiger partial charge in [0.2, 0.25) is 0 Å². The number of nitrogens with one attached hydrogen (secondary N) is 1. The van der Waals surface area contributed by atoms with Crippen molar-refractivity contribution in [1.82, 2.24) is 15.1 Å². The number of nitrogens with zero attached hydrogens (tertiary/aromatic N) is 2. The van der Waals surface area contributed by atoms with Crippen molar-refractivity contribution in [3.05, 3.63) is 77.7 Å². The van der Waals surface area contributed by atoms with Crippen molar-refractivity contribution in [3.8, 4) is 11.3 Å². The van der Waals surface area contributed by atoms with Gasteiger partial charge in [0.25, 0.3) is 5.91 Å². The Morgan fingerprint density at radius 2 is 1.92 bits per heavy atom. The Balaban J connectivity index is 1.56. The molecule has 2 heterocycles. The molecule has 0 saturated carbocycles.